The molecule has 4 heterocycles. The molecule has 0 atom stereocenters. The van der Waals surface area contributed by atoms with E-state index >= 15 is 0 Å². The predicted octanol–water partition coefficient (Wildman–Crippen LogP) is 3.50. The van der Waals surface area contributed by atoms with Gasteiger partial charge in [0.1, 0.15) is 11.5 Å². The number of hydrogen-bond donors (Lipinski definition) is 0. The first-order chi connectivity index (χ1) is 14.9. The number of likely N-dealkylation sites (tertiary alicyclic amines) is 1. The Morgan fingerprint density at radius 1 is 1.19 bits per heavy atom. The maximum atomic E-state index is 13.1. The number of aryl methyl sites for hydroxylation is 2. The van der Waals surface area contributed by atoms with Gasteiger partial charge in [-0.05, 0) is 51.8 Å². The van der Waals surface area contributed by atoms with E-state index in [0.29, 0.717) is 18.1 Å². The number of piperidine rings is 1. The summed E-state index contributed by atoms with van der Waals surface area (Å²) < 4.78 is 14.0. The van der Waals surface area contributed by atoms with Gasteiger partial charge in [-0.3, -0.25) is 14.3 Å². The predicted molar refractivity (Wildman–Crippen MR) is 115 cm³/mol. The number of rotatable bonds is 6. The highest BCUT2D eigenvalue weighted by Crippen LogP contribution is 2.26. The molecule has 0 radical (unpaired) electrons. The molecule has 164 valence electrons. The number of Topliss-reactive ketones (excluding diaryl/α,β-unsaturated/α-hetero) is 1. The summed E-state index contributed by atoms with van der Waals surface area (Å²) in [5, 5.41) is 4.09. The first-order valence-corrected chi connectivity index (χ1v) is 10.5. The summed E-state index contributed by atoms with van der Waals surface area (Å²) in [6, 6.07) is 7.68. The van der Waals surface area contributed by atoms with Crippen LogP contribution in [0.3, 0.4) is 0 Å². The van der Waals surface area contributed by atoms with E-state index in [9.17, 15) is 9.59 Å². The van der Waals surface area contributed by atoms with E-state index in [2.05, 4.69) is 10.1 Å². The summed E-state index contributed by atoms with van der Waals surface area (Å²) in [6.07, 6.45) is 3.69. The van der Waals surface area contributed by atoms with Crippen LogP contribution in [0.2, 0.25) is 0 Å². The summed E-state index contributed by atoms with van der Waals surface area (Å²) in [7, 11) is 1.40. The average Bonchev–Trinajstić information content (AvgIpc) is 3.47. The van der Waals surface area contributed by atoms with Gasteiger partial charge in [-0.25, -0.2) is 4.79 Å². The molecule has 3 aromatic rings. The lowest BCUT2D eigenvalue weighted by Gasteiger charge is -2.32. The van der Waals surface area contributed by atoms with Crippen LogP contribution in [0.25, 0.3) is 5.82 Å². The van der Waals surface area contributed by atoms with Gasteiger partial charge in [0.25, 0.3) is 0 Å². The zero-order valence-electron chi connectivity index (χ0n) is 18.4. The number of ketones is 1. The number of ether oxygens (including phenoxy) is 1. The van der Waals surface area contributed by atoms with E-state index in [1.165, 1.54) is 7.11 Å². The van der Waals surface area contributed by atoms with Crippen LogP contribution in [0, 0.1) is 20.8 Å². The molecule has 0 amide bonds. The van der Waals surface area contributed by atoms with E-state index in [1.807, 2.05) is 54.3 Å². The summed E-state index contributed by atoms with van der Waals surface area (Å²) in [6.45, 7) is 7.74. The number of aromatic nitrogens is 3. The van der Waals surface area contributed by atoms with Crippen molar-refractivity contribution in [2.24, 2.45) is 0 Å². The minimum absolute atomic E-state index is 0.106. The molecule has 1 fully saturated rings. The molecule has 0 unspecified atom stereocenters. The Labute approximate surface area is 181 Å². The molecule has 0 spiro atoms. The van der Waals surface area contributed by atoms with E-state index in [-0.39, 0.29) is 17.8 Å². The Kier molecular flexibility index (Phi) is 5.82. The molecule has 1 saturated heterocycles. The minimum atomic E-state index is -0.319. The highest BCUT2D eigenvalue weighted by Gasteiger charge is 2.26. The van der Waals surface area contributed by atoms with Gasteiger partial charge in [0.2, 0.25) is 0 Å². The second kappa shape index (κ2) is 8.55. The number of methoxy groups -OCH3 is 1. The Bertz CT molecular complexity index is 1100. The number of esters is 1. The monoisotopic (exact) mass is 424 g/mol. The van der Waals surface area contributed by atoms with Crippen LogP contribution in [-0.4, -0.2) is 57.7 Å². The molecule has 1 aliphatic rings. The second-order valence-electron chi connectivity index (χ2n) is 8.14. The Morgan fingerprint density at radius 3 is 2.58 bits per heavy atom. The third kappa shape index (κ3) is 4.07. The molecule has 31 heavy (non-hydrogen) atoms. The molecule has 8 nitrogen and oxygen atoms in total. The minimum Gasteiger partial charge on any atom is -0.464 e. The third-order valence-corrected chi connectivity index (χ3v) is 6.07. The summed E-state index contributed by atoms with van der Waals surface area (Å²) in [5.41, 5.74) is 3.13. The van der Waals surface area contributed by atoms with Crippen LogP contribution in [0.15, 0.2) is 35.0 Å². The molecule has 0 aliphatic carbocycles. The number of carbonyl (C=O) groups is 2. The third-order valence-electron chi connectivity index (χ3n) is 6.07. The van der Waals surface area contributed by atoms with Crippen molar-refractivity contribution in [1.29, 1.82) is 0 Å². The summed E-state index contributed by atoms with van der Waals surface area (Å²) in [5.74, 6) is 1.21. The Morgan fingerprint density at radius 2 is 1.94 bits per heavy atom. The normalized spacial score (nSPS) is 15.4. The van der Waals surface area contributed by atoms with Gasteiger partial charge in [0.15, 0.2) is 11.6 Å². The van der Waals surface area contributed by atoms with Crippen molar-refractivity contribution >= 4 is 11.8 Å². The molecule has 8 heteroatoms. The summed E-state index contributed by atoms with van der Waals surface area (Å²) in [4.78, 5) is 27.2. The molecule has 0 aromatic carbocycles. The van der Waals surface area contributed by atoms with Gasteiger partial charge >= 0.3 is 5.97 Å². The lowest BCUT2D eigenvalue weighted by atomic mass is 10.0. The van der Waals surface area contributed by atoms with Gasteiger partial charge in [-0.2, -0.15) is 0 Å². The van der Waals surface area contributed by atoms with Crippen molar-refractivity contribution in [1.82, 2.24) is 19.2 Å². The largest absolute Gasteiger partial charge is 0.464 e. The van der Waals surface area contributed by atoms with Crippen LogP contribution in [0.1, 0.15) is 56.9 Å². The lowest BCUT2D eigenvalue weighted by molar-refractivity contribution is 0.0582. The molecule has 1 aliphatic heterocycles. The lowest BCUT2D eigenvalue weighted by Crippen LogP contribution is -2.38. The zero-order valence-corrected chi connectivity index (χ0v) is 18.4. The van der Waals surface area contributed by atoms with Crippen molar-refractivity contribution in [3.63, 3.8) is 0 Å². The maximum Gasteiger partial charge on any atom is 0.354 e. The fourth-order valence-electron chi connectivity index (χ4n) is 4.49. The standard InChI is InChI=1S/C23H28N4O4/c1-15-12-19(17(3)27(15)22-13-16(2)31-24-22)21(28)14-25-10-7-18(8-11-25)26-9-5-6-20(26)23(29)30-4/h5-6,9,12-13,18H,7-8,10-11,14H2,1-4H3. The first-order valence-electron chi connectivity index (χ1n) is 10.5. The van der Waals surface area contributed by atoms with Crippen molar-refractivity contribution < 1.29 is 18.8 Å². The Hall–Kier alpha value is -3.13. The zero-order chi connectivity index (χ0) is 22.1. The molecule has 0 N–H and O–H groups in total. The maximum absolute atomic E-state index is 13.1. The van der Waals surface area contributed by atoms with Crippen LogP contribution in [0.5, 0.6) is 0 Å². The van der Waals surface area contributed by atoms with E-state index < -0.39 is 0 Å². The quantitative estimate of drug-likeness (QED) is 0.445. The van der Waals surface area contributed by atoms with E-state index in [0.717, 1.165) is 48.6 Å². The Balaban J connectivity index is 1.41. The van der Waals surface area contributed by atoms with Crippen molar-refractivity contribution in [2.45, 2.75) is 39.7 Å². The van der Waals surface area contributed by atoms with Gasteiger partial charge < -0.3 is 13.8 Å². The second-order valence-corrected chi connectivity index (χ2v) is 8.14. The fourth-order valence-corrected chi connectivity index (χ4v) is 4.49. The molecule has 0 bridgehead atoms. The van der Waals surface area contributed by atoms with Crippen molar-refractivity contribution in [3.05, 3.63) is 58.9 Å². The SMILES string of the molecule is COC(=O)c1cccn1C1CCN(CC(=O)c2cc(C)n(-c3cc(C)on3)c2C)CC1. The van der Waals surface area contributed by atoms with Crippen molar-refractivity contribution in [3.8, 4) is 5.82 Å². The first kappa shape index (κ1) is 21.1. The summed E-state index contributed by atoms with van der Waals surface area (Å²) >= 11 is 0. The molecule has 0 saturated carbocycles. The van der Waals surface area contributed by atoms with Gasteiger partial charge in [0.05, 0.1) is 13.7 Å². The highest BCUT2D eigenvalue weighted by atomic mass is 16.5. The van der Waals surface area contributed by atoms with E-state index in [4.69, 9.17) is 9.26 Å². The van der Waals surface area contributed by atoms with Crippen molar-refractivity contribution in [2.75, 3.05) is 26.7 Å². The number of nitrogens with zero attached hydrogens (tertiary/aromatic N) is 4. The van der Waals surface area contributed by atoms with Crippen LogP contribution in [0.4, 0.5) is 0 Å². The number of hydrogen-bond acceptors (Lipinski definition) is 6. The van der Waals surface area contributed by atoms with Gasteiger partial charge in [0, 0.05) is 48.3 Å². The molecule has 3 aromatic heterocycles. The van der Waals surface area contributed by atoms with Gasteiger partial charge in [-0.15, -0.1) is 0 Å². The van der Waals surface area contributed by atoms with E-state index in [1.54, 1.807) is 6.07 Å². The molecular weight excluding hydrogens is 396 g/mol. The van der Waals surface area contributed by atoms with Crippen LogP contribution >= 0.6 is 0 Å². The van der Waals surface area contributed by atoms with Crippen LogP contribution < -0.4 is 0 Å². The molecule has 4 rings (SSSR count). The van der Waals surface area contributed by atoms with Gasteiger partial charge in [-0.1, -0.05) is 5.16 Å². The highest BCUT2D eigenvalue weighted by molar-refractivity contribution is 5.99. The topological polar surface area (TPSA) is 82.5 Å². The fraction of sp³-hybridized carbons (Fsp3) is 0.435. The van der Waals surface area contributed by atoms with Crippen LogP contribution in [-0.2, 0) is 4.74 Å². The number of carbonyl (C=O) groups excluding carboxylic acids is 2. The molecular formula is C23H28N4O4. The average molecular weight is 425 g/mol. The smallest absolute Gasteiger partial charge is 0.354 e.